The van der Waals surface area contributed by atoms with Gasteiger partial charge in [0.15, 0.2) is 8.32 Å². The lowest BCUT2D eigenvalue weighted by molar-refractivity contribution is 0.249. The molecule has 4 heteroatoms. The molecule has 0 fully saturated rings. The number of hydrogen-bond acceptors (Lipinski definition) is 1. The van der Waals surface area contributed by atoms with E-state index in [2.05, 4.69) is 79.9 Å². The molecule has 0 amide bonds. The minimum Gasteiger partial charge on any atom is -0.411 e. The Balaban J connectivity index is 6.03. The standard InChI is InChI=1S/C22H48OSi3/c1-11-18-22(25(12-2,13-3)14-4)19-21(20-24(8,9)10)23-26(15-5,16-6)17-7/h11,19,21H,1,12-18,20H2,2-10H3/b22-19+. The molecule has 1 unspecified atom stereocenters. The van der Waals surface area contributed by atoms with Crippen molar-refractivity contribution in [3.63, 3.8) is 0 Å². The third-order valence-electron chi connectivity index (χ3n) is 6.61. The summed E-state index contributed by atoms with van der Waals surface area (Å²) in [5.41, 5.74) is 0. The molecule has 0 spiro atoms. The largest absolute Gasteiger partial charge is 0.411 e. The predicted octanol–water partition coefficient (Wildman–Crippen LogP) is 8.27. The van der Waals surface area contributed by atoms with E-state index in [1.54, 1.807) is 5.20 Å². The van der Waals surface area contributed by atoms with E-state index >= 15 is 0 Å². The average molecular weight is 413 g/mol. The first-order chi connectivity index (χ1) is 12.1. The predicted molar refractivity (Wildman–Crippen MR) is 130 cm³/mol. The lowest BCUT2D eigenvalue weighted by atomic mass is 10.3. The van der Waals surface area contributed by atoms with Gasteiger partial charge < -0.3 is 4.43 Å². The van der Waals surface area contributed by atoms with Crippen LogP contribution in [-0.2, 0) is 4.43 Å². The van der Waals surface area contributed by atoms with E-state index in [1.807, 2.05) is 0 Å². The SMILES string of the molecule is C=CC/C(=C\C(C[Si](C)(C)C)O[Si](CC)(CC)CC)[Si](CC)(CC)CC. The maximum absolute atomic E-state index is 7.05. The summed E-state index contributed by atoms with van der Waals surface area (Å²) in [6.07, 6.45) is 6.14. The van der Waals surface area contributed by atoms with Crippen molar-refractivity contribution in [2.24, 2.45) is 0 Å². The van der Waals surface area contributed by atoms with E-state index < -0.39 is 24.5 Å². The molecule has 0 aromatic carbocycles. The van der Waals surface area contributed by atoms with Gasteiger partial charge in [-0.05, 0) is 30.6 Å². The van der Waals surface area contributed by atoms with Crippen LogP contribution in [0.25, 0.3) is 0 Å². The van der Waals surface area contributed by atoms with Crippen LogP contribution in [0.5, 0.6) is 0 Å². The fourth-order valence-corrected chi connectivity index (χ4v) is 12.7. The molecule has 0 rings (SSSR count). The minimum absolute atomic E-state index is 0.333. The van der Waals surface area contributed by atoms with Gasteiger partial charge in [0, 0.05) is 8.07 Å². The smallest absolute Gasteiger partial charge is 0.192 e. The van der Waals surface area contributed by atoms with Gasteiger partial charge in [0.05, 0.1) is 14.2 Å². The van der Waals surface area contributed by atoms with E-state index in [0.717, 1.165) is 6.42 Å². The normalized spacial score (nSPS) is 15.2. The second kappa shape index (κ2) is 11.8. The Labute approximate surface area is 168 Å². The van der Waals surface area contributed by atoms with Crippen LogP contribution in [0.2, 0.25) is 61.9 Å². The van der Waals surface area contributed by atoms with Crippen molar-refractivity contribution in [3.8, 4) is 0 Å². The van der Waals surface area contributed by atoms with Crippen molar-refractivity contribution in [3.05, 3.63) is 23.9 Å². The zero-order valence-electron chi connectivity index (χ0n) is 19.5. The van der Waals surface area contributed by atoms with Gasteiger partial charge in [0.1, 0.15) is 0 Å². The maximum atomic E-state index is 7.05. The highest BCUT2D eigenvalue weighted by Gasteiger charge is 2.35. The van der Waals surface area contributed by atoms with Crippen molar-refractivity contribution in [2.75, 3.05) is 0 Å². The molecule has 0 bridgehead atoms. The van der Waals surface area contributed by atoms with Gasteiger partial charge >= 0.3 is 0 Å². The van der Waals surface area contributed by atoms with Crippen molar-refractivity contribution in [2.45, 2.75) is 116 Å². The molecule has 154 valence electrons. The molecule has 0 aromatic rings. The van der Waals surface area contributed by atoms with E-state index in [4.69, 9.17) is 4.43 Å². The Hall–Kier alpha value is 0.0906. The fraction of sp³-hybridized carbons (Fsp3) is 0.818. The van der Waals surface area contributed by atoms with Crippen LogP contribution >= 0.6 is 0 Å². The highest BCUT2D eigenvalue weighted by molar-refractivity contribution is 6.86. The molecule has 1 atom stereocenters. The van der Waals surface area contributed by atoms with Crippen LogP contribution in [0.15, 0.2) is 23.9 Å². The zero-order chi connectivity index (χ0) is 20.4. The first-order valence-electron chi connectivity index (χ1n) is 11.1. The van der Waals surface area contributed by atoms with Crippen molar-refractivity contribution < 1.29 is 4.43 Å². The summed E-state index contributed by atoms with van der Waals surface area (Å²) in [6, 6.07) is 9.01. The molecule has 0 saturated carbocycles. The highest BCUT2D eigenvalue weighted by atomic mass is 28.4. The Morgan fingerprint density at radius 1 is 0.846 bits per heavy atom. The average Bonchev–Trinajstić information content (AvgIpc) is 2.60. The topological polar surface area (TPSA) is 9.23 Å². The third kappa shape index (κ3) is 7.61. The quantitative estimate of drug-likeness (QED) is 0.206. The molecule has 0 aliphatic carbocycles. The summed E-state index contributed by atoms with van der Waals surface area (Å²) in [7, 11) is -4.16. The maximum Gasteiger partial charge on any atom is 0.192 e. The number of rotatable bonds is 14. The Morgan fingerprint density at radius 3 is 1.62 bits per heavy atom. The summed E-state index contributed by atoms with van der Waals surface area (Å²) in [5, 5.41) is 1.72. The van der Waals surface area contributed by atoms with Gasteiger partial charge in [0.25, 0.3) is 0 Å². The van der Waals surface area contributed by atoms with E-state index in [0.29, 0.717) is 6.10 Å². The number of hydrogen-bond donors (Lipinski definition) is 0. The van der Waals surface area contributed by atoms with Gasteiger partial charge in [-0.2, -0.15) is 0 Å². The van der Waals surface area contributed by atoms with Crippen LogP contribution in [0, 0.1) is 0 Å². The second-order valence-corrected chi connectivity index (χ2v) is 24.8. The fourth-order valence-electron chi connectivity index (χ4n) is 4.33. The molecule has 0 radical (unpaired) electrons. The lowest BCUT2D eigenvalue weighted by Gasteiger charge is -2.37. The number of allylic oxidation sites excluding steroid dienone is 2. The summed E-state index contributed by atoms with van der Waals surface area (Å²) in [4.78, 5) is 0. The van der Waals surface area contributed by atoms with Gasteiger partial charge in [-0.25, -0.2) is 0 Å². The molecule has 0 saturated heterocycles. The molecule has 26 heavy (non-hydrogen) atoms. The minimum atomic E-state index is -1.59. The van der Waals surface area contributed by atoms with Crippen LogP contribution in [-0.4, -0.2) is 30.6 Å². The molecule has 0 aliphatic heterocycles. The molecule has 0 aromatic heterocycles. The highest BCUT2D eigenvalue weighted by Crippen LogP contribution is 2.34. The monoisotopic (exact) mass is 412 g/mol. The van der Waals surface area contributed by atoms with Gasteiger partial charge in [-0.15, -0.1) is 6.58 Å². The van der Waals surface area contributed by atoms with E-state index in [1.165, 1.54) is 42.3 Å². The summed E-state index contributed by atoms with van der Waals surface area (Å²) in [6.45, 7) is 25.8. The summed E-state index contributed by atoms with van der Waals surface area (Å²) < 4.78 is 7.05. The van der Waals surface area contributed by atoms with Gasteiger partial charge in [0.2, 0.25) is 0 Å². The van der Waals surface area contributed by atoms with Gasteiger partial charge in [-0.3, -0.25) is 0 Å². The van der Waals surface area contributed by atoms with Crippen molar-refractivity contribution in [1.82, 2.24) is 0 Å². The van der Waals surface area contributed by atoms with Crippen LogP contribution in [0.4, 0.5) is 0 Å². The van der Waals surface area contributed by atoms with Crippen LogP contribution in [0.1, 0.15) is 48.0 Å². The first-order valence-corrected chi connectivity index (χ1v) is 20.0. The molecule has 0 aliphatic rings. The van der Waals surface area contributed by atoms with Crippen molar-refractivity contribution >= 4 is 24.5 Å². The molecular formula is C22H48OSi3. The third-order valence-corrected chi connectivity index (χ3v) is 18.7. The second-order valence-electron chi connectivity index (χ2n) is 9.19. The van der Waals surface area contributed by atoms with E-state index in [9.17, 15) is 0 Å². The summed E-state index contributed by atoms with van der Waals surface area (Å²) in [5.74, 6) is 0. The molecular weight excluding hydrogens is 364 g/mol. The van der Waals surface area contributed by atoms with Crippen LogP contribution in [0.3, 0.4) is 0 Å². The van der Waals surface area contributed by atoms with E-state index in [-0.39, 0.29) is 0 Å². The Kier molecular flexibility index (Phi) is 11.9. The molecule has 0 N–H and O–H groups in total. The van der Waals surface area contributed by atoms with Crippen molar-refractivity contribution in [1.29, 1.82) is 0 Å². The van der Waals surface area contributed by atoms with Gasteiger partial charge in [-0.1, -0.05) is 96.7 Å². The molecule has 0 heterocycles. The Morgan fingerprint density at radius 2 is 1.31 bits per heavy atom. The summed E-state index contributed by atoms with van der Waals surface area (Å²) >= 11 is 0. The molecule has 1 nitrogen and oxygen atoms in total. The van der Waals surface area contributed by atoms with Crippen LogP contribution < -0.4 is 0 Å². The Bertz CT molecular complexity index is 413. The zero-order valence-corrected chi connectivity index (χ0v) is 22.5. The first kappa shape index (κ1) is 26.1. The lowest BCUT2D eigenvalue weighted by Crippen LogP contribution is -2.43.